The predicted octanol–water partition coefficient (Wildman–Crippen LogP) is 2.23. The maximum Gasteiger partial charge on any atom is 0.337 e. The van der Waals surface area contributed by atoms with Crippen LogP contribution in [0.2, 0.25) is 5.02 Å². The number of carboxylic acid groups (broad SMARTS) is 1. The Morgan fingerprint density at radius 3 is 2.73 bits per heavy atom. The molecule has 0 radical (unpaired) electrons. The van der Waals surface area contributed by atoms with E-state index in [0.717, 1.165) is 0 Å². The molecule has 0 saturated carbocycles. The molecular weight excluding hydrogens is 216 g/mol. The Labute approximate surface area is 92.1 Å². The second kappa shape index (κ2) is 3.87. The van der Waals surface area contributed by atoms with E-state index in [4.69, 9.17) is 22.0 Å². The van der Waals surface area contributed by atoms with E-state index in [9.17, 15) is 4.79 Å². The lowest BCUT2D eigenvalue weighted by atomic mass is 9.90. The number of nitriles is 1. The zero-order valence-electron chi connectivity index (χ0n) is 8.28. The summed E-state index contributed by atoms with van der Waals surface area (Å²) < 4.78 is 0. The van der Waals surface area contributed by atoms with Gasteiger partial charge in [-0.1, -0.05) is 11.6 Å². The first-order valence-electron chi connectivity index (χ1n) is 4.19. The highest BCUT2D eigenvalue weighted by atomic mass is 35.5. The van der Waals surface area contributed by atoms with E-state index in [0.29, 0.717) is 5.69 Å². The van der Waals surface area contributed by atoms with Crippen molar-refractivity contribution in [2.24, 2.45) is 0 Å². The number of rotatable bonds is 2. The lowest BCUT2D eigenvalue weighted by Gasteiger charge is -2.14. The van der Waals surface area contributed by atoms with Crippen molar-refractivity contribution in [3.63, 3.8) is 0 Å². The molecule has 0 aliphatic carbocycles. The number of hydrogen-bond donors (Lipinski definition) is 1. The molecule has 1 heterocycles. The van der Waals surface area contributed by atoms with Gasteiger partial charge in [-0.15, -0.1) is 0 Å². The molecule has 0 bridgehead atoms. The first kappa shape index (κ1) is 11.5. The van der Waals surface area contributed by atoms with Crippen molar-refractivity contribution in [3.05, 3.63) is 28.5 Å². The van der Waals surface area contributed by atoms with E-state index >= 15 is 0 Å². The molecule has 0 aliphatic heterocycles. The van der Waals surface area contributed by atoms with Gasteiger partial charge < -0.3 is 5.11 Å². The van der Waals surface area contributed by atoms with Gasteiger partial charge in [-0.3, -0.25) is 4.98 Å². The zero-order valence-corrected chi connectivity index (χ0v) is 9.04. The maximum absolute atomic E-state index is 10.8. The summed E-state index contributed by atoms with van der Waals surface area (Å²) in [5.41, 5.74) is -0.466. The number of carbonyl (C=O) groups is 1. The summed E-state index contributed by atoms with van der Waals surface area (Å²) in [6, 6.07) is 3.37. The number of halogens is 1. The largest absolute Gasteiger partial charge is 0.478 e. The highest BCUT2D eigenvalue weighted by molar-refractivity contribution is 6.33. The summed E-state index contributed by atoms with van der Waals surface area (Å²) in [6.07, 6.45) is 1.25. The number of aromatic carboxylic acids is 1. The lowest BCUT2D eigenvalue weighted by molar-refractivity contribution is 0.0697. The van der Waals surface area contributed by atoms with Crippen molar-refractivity contribution in [1.29, 1.82) is 5.26 Å². The van der Waals surface area contributed by atoms with E-state index in [1.807, 2.05) is 6.07 Å². The van der Waals surface area contributed by atoms with E-state index in [1.165, 1.54) is 12.3 Å². The first-order chi connectivity index (χ1) is 6.88. The molecule has 5 heteroatoms. The van der Waals surface area contributed by atoms with Gasteiger partial charge in [-0.25, -0.2) is 4.79 Å². The van der Waals surface area contributed by atoms with Crippen LogP contribution < -0.4 is 0 Å². The van der Waals surface area contributed by atoms with Crippen molar-refractivity contribution >= 4 is 17.6 Å². The van der Waals surface area contributed by atoms with Gasteiger partial charge in [0.05, 0.1) is 27.8 Å². The fourth-order valence-electron chi connectivity index (χ4n) is 1.00. The van der Waals surface area contributed by atoms with Gasteiger partial charge in [0.15, 0.2) is 0 Å². The van der Waals surface area contributed by atoms with Crippen molar-refractivity contribution in [3.8, 4) is 6.07 Å². The highest BCUT2D eigenvalue weighted by Crippen LogP contribution is 2.24. The third-order valence-electron chi connectivity index (χ3n) is 2.01. The molecule has 0 aliphatic rings. The molecule has 15 heavy (non-hydrogen) atoms. The van der Waals surface area contributed by atoms with Crippen molar-refractivity contribution in [2.75, 3.05) is 0 Å². The van der Waals surface area contributed by atoms with Crippen LogP contribution in [0, 0.1) is 11.3 Å². The normalized spacial score (nSPS) is 10.8. The first-order valence-corrected chi connectivity index (χ1v) is 4.57. The molecule has 0 amide bonds. The molecule has 0 spiro atoms. The van der Waals surface area contributed by atoms with Crippen molar-refractivity contribution in [1.82, 2.24) is 4.98 Å². The molecule has 0 saturated heterocycles. The summed E-state index contributed by atoms with van der Waals surface area (Å²) in [6.45, 7) is 3.32. The van der Waals surface area contributed by atoms with Gasteiger partial charge in [0.2, 0.25) is 0 Å². The number of hydrogen-bond acceptors (Lipinski definition) is 3. The SMILES string of the molecule is CC(C)(C#N)c1cc(C(=O)O)c(Cl)cn1. The smallest absolute Gasteiger partial charge is 0.337 e. The minimum absolute atomic E-state index is 0.0370. The molecule has 4 nitrogen and oxygen atoms in total. The fraction of sp³-hybridized carbons (Fsp3) is 0.300. The Morgan fingerprint density at radius 1 is 1.67 bits per heavy atom. The van der Waals surface area contributed by atoms with Gasteiger partial charge >= 0.3 is 5.97 Å². The van der Waals surface area contributed by atoms with Gasteiger partial charge in [-0.2, -0.15) is 5.26 Å². The fourth-order valence-corrected chi connectivity index (χ4v) is 1.19. The molecule has 0 aromatic carbocycles. The van der Waals surface area contributed by atoms with Crippen molar-refractivity contribution < 1.29 is 9.90 Å². The third kappa shape index (κ3) is 2.25. The summed E-state index contributed by atoms with van der Waals surface area (Å²) >= 11 is 5.66. The van der Waals surface area contributed by atoms with Crippen LogP contribution in [-0.4, -0.2) is 16.1 Å². The molecular formula is C10H9ClN2O2. The van der Waals surface area contributed by atoms with Crippen LogP contribution in [0.4, 0.5) is 0 Å². The summed E-state index contributed by atoms with van der Waals surface area (Å²) in [4.78, 5) is 14.7. The molecule has 1 N–H and O–H groups in total. The van der Waals surface area contributed by atoms with Crippen LogP contribution >= 0.6 is 11.6 Å². The molecule has 0 fully saturated rings. The quantitative estimate of drug-likeness (QED) is 0.836. The molecule has 1 aromatic rings. The van der Waals surface area contributed by atoms with Crippen LogP contribution in [0.15, 0.2) is 12.3 Å². The van der Waals surface area contributed by atoms with Gasteiger partial charge in [-0.05, 0) is 19.9 Å². The van der Waals surface area contributed by atoms with E-state index < -0.39 is 11.4 Å². The van der Waals surface area contributed by atoms with Gasteiger partial charge in [0, 0.05) is 6.20 Å². The standard InChI is InChI=1S/C10H9ClN2O2/c1-10(2,5-12)8-3-6(9(14)15)7(11)4-13-8/h3-4H,1-2H3,(H,14,15). The topological polar surface area (TPSA) is 74.0 Å². The summed E-state index contributed by atoms with van der Waals surface area (Å²) in [5.74, 6) is -1.13. The van der Waals surface area contributed by atoms with E-state index in [1.54, 1.807) is 13.8 Å². The average molecular weight is 225 g/mol. The molecule has 0 atom stereocenters. The van der Waals surface area contributed by atoms with Gasteiger partial charge in [0.1, 0.15) is 0 Å². The monoisotopic (exact) mass is 224 g/mol. The van der Waals surface area contributed by atoms with E-state index in [-0.39, 0.29) is 10.6 Å². The molecule has 1 aromatic heterocycles. The Balaban J connectivity index is 3.33. The van der Waals surface area contributed by atoms with Gasteiger partial charge in [0.25, 0.3) is 0 Å². The predicted molar refractivity (Wildman–Crippen MR) is 54.8 cm³/mol. The Morgan fingerprint density at radius 2 is 2.27 bits per heavy atom. The molecule has 78 valence electrons. The Kier molecular flexibility index (Phi) is 2.96. The second-order valence-corrected chi connectivity index (χ2v) is 4.00. The van der Waals surface area contributed by atoms with Crippen molar-refractivity contribution in [2.45, 2.75) is 19.3 Å². The zero-order chi connectivity index (χ0) is 11.6. The van der Waals surface area contributed by atoms with Crippen LogP contribution in [0.5, 0.6) is 0 Å². The number of pyridine rings is 1. The van der Waals surface area contributed by atoms with Crippen LogP contribution in [0.25, 0.3) is 0 Å². The number of aromatic nitrogens is 1. The van der Waals surface area contributed by atoms with Crippen LogP contribution in [-0.2, 0) is 5.41 Å². The number of nitrogens with zero attached hydrogens (tertiary/aromatic N) is 2. The third-order valence-corrected chi connectivity index (χ3v) is 2.31. The molecule has 1 rings (SSSR count). The van der Waals surface area contributed by atoms with Crippen LogP contribution in [0.1, 0.15) is 29.9 Å². The molecule has 0 unspecified atom stereocenters. The van der Waals surface area contributed by atoms with E-state index in [2.05, 4.69) is 4.98 Å². The summed E-state index contributed by atoms with van der Waals surface area (Å²) in [7, 11) is 0. The second-order valence-electron chi connectivity index (χ2n) is 3.59. The minimum Gasteiger partial charge on any atom is -0.478 e. The average Bonchev–Trinajstić information content (AvgIpc) is 2.17. The Hall–Kier alpha value is -1.60. The lowest BCUT2D eigenvalue weighted by Crippen LogP contribution is -2.17. The minimum atomic E-state index is -1.13. The van der Waals surface area contributed by atoms with Crippen LogP contribution in [0.3, 0.4) is 0 Å². The summed E-state index contributed by atoms with van der Waals surface area (Å²) in [5, 5.41) is 17.8. The Bertz CT molecular complexity index is 449. The maximum atomic E-state index is 10.8. The number of carboxylic acids is 1. The highest BCUT2D eigenvalue weighted by Gasteiger charge is 2.23.